The highest BCUT2D eigenvalue weighted by Gasteiger charge is 2.50. The van der Waals surface area contributed by atoms with Gasteiger partial charge in [-0.1, -0.05) is 73.7 Å². The van der Waals surface area contributed by atoms with Gasteiger partial charge in [-0.05, 0) is 138 Å². The number of hydrogen-bond donors (Lipinski definition) is 9. The third kappa shape index (κ3) is 15.5. The van der Waals surface area contributed by atoms with Crippen molar-refractivity contribution in [3.8, 4) is 11.4 Å². The highest BCUT2D eigenvalue weighted by molar-refractivity contribution is 14.1. The van der Waals surface area contributed by atoms with Crippen molar-refractivity contribution in [1.29, 1.82) is 0 Å². The number of aliphatic hydroxyl groups is 3. The number of esters is 1. The van der Waals surface area contributed by atoms with Crippen molar-refractivity contribution in [2.45, 2.75) is 122 Å². The summed E-state index contributed by atoms with van der Waals surface area (Å²) < 4.78 is 35.5. The number of carbonyl (C=O) groups is 9. The Bertz CT molecular complexity index is 4510. The molecule has 0 saturated heterocycles. The summed E-state index contributed by atoms with van der Waals surface area (Å²) in [6, 6.07) is 27.7. The normalized spacial score (nSPS) is 16.9. The first-order valence-electron chi connectivity index (χ1n) is 32.3. The molecule has 26 nitrogen and oxygen atoms in total. The minimum absolute atomic E-state index is 0.0500. The molecule has 7 aromatic rings. The van der Waals surface area contributed by atoms with Gasteiger partial charge in [-0.15, -0.1) is 0 Å². The quantitative estimate of drug-likeness (QED) is 0.0141. The van der Waals surface area contributed by atoms with Gasteiger partial charge < -0.3 is 65.6 Å². The smallest absolute Gasteiger partial charge is 0.410 e. The third-order valence-corrected chi connectivity index (χ3v) is 18.6. The average Bonchev–Trinajstić information content (AvgIpc) is 1.49. The van der Waals surface area contributed by atoms with E-state index in [1.807, 2.05) is 22.6 Å². The van der Waals surface area contributed by atoms with E-state index in [1.165, 1.54) is 34.7 Å². The van der Waals surface area contributed by atoms with E-state index >= 15 is 4.39 Å². The number of aromatic nitrogens is 2. The molecular formula is C72H72FIN10O16. The molecule has 9 N–H and O–H groups in total. The molecule has 100 heavy (non-hydrogen) atoms. The number of carbonyl (C=O) groups excluding carboxylic acids is 9. The van der Waals surface area contributed by atoms with E-state index < -0.39 is 115 Å². The second-order valence-electron chi connectivity index (χ2n) is 24.8. The van der Waals surface area contributed by atoms with Gasteiger partial charge in [0.1, 0.15) is 25.3 Å². The number of pyridine rings is 2. The Morgan fingerprint density at radius 1 is 0.830 bits per heavy atom. The van der Waals surface area contributed by atoms with Crippen LogP contribution in [0.4, 0.5) is 20.6 Å². The largest absolute Gasteiger partial charge is 0.458 e. The molecule has 0 spiro atoms. The number of aliphatic hydroxyl groups excluding tert-OH is 3. The lowest BCUT2D eigenvalue weighted by Crippen LogP contribution is -2.54. The van der Waals surface area contributed by atoms with Crippen molar-refractivity contribution in [3.63, 3.8) is 0 Å². The predicted octanol–water partition coefficient (Wildman–Crippen LogP) is 5.43. The number of nitrogens with one attached hydrogen (secondary N) is 6. The van der Waals surface area contributed by atoms with Crippen LogP contribution in [0.15, 0.2) is 126 Å². The van der Waals surface area contributed by atoms with Crippen LogP contribution in [0.2, 0.25) is 0 Å². The standard InChI is InChI=1S/C72H72FIN10O16/c1-5-72(51-29-56-65-49(35-83(56)68(94)50(51)37-98-70(72)96)64-53(79-57(86)22-15-38(2)85)21-20-47-39(3)52(73)30-54(81-65)63(47)64)100-69(95)48-14-10-9-13-42(48)34-82(4)71(97)99-36-41-16-18-45(19-17-41)78-59(88)33-77-67(93)55(25-40-11-7-6-8-12-40)80-60(89)32-75-58(87)31-76-66(92)43-26-44(74)28-46(27-43)84-61(90)23-24-62(84)91/h6-14,16-19,23-24,26-30,38,53,55,67,69,77,85,93,95H,5,15,20-22,25,31-37H2,1-4H3,(H,75,87)(H,76,92)(H,78,88)(H,79,86)(H,80,89)/t38?,53-,55-,67?,69?,72-/m0/s1. The third-order valence-electron chi connectivity index (χ3n) is 18.0. The van der Waals surface area contributed by atoms with Crippen LogP contribution in [0.25, 0.3) is 22.3 Å². The zero-order chi connectivity index (χ0) is 71.3. The monoisotopic (exact) mass is 1480 g/mol. The number of halogens is 2. The van der Waals surface area contributed by atoms with Crippen LogP contribution < -0.4 is 42.4 Å². The average molecular weight is 1480 g/mol. The molecular weight excluding hydrogens is 1410 g/mol. The number of aryl methyl sites for hydroxylation is 1. The van der Waals surface area contributed by atoms with Gasteiger partial charge in [-0.3, -0.25) is 43.7 Å². The molecule has 1 aliphatic carbocycles. The van der Waals surface area contributed by atoms with Gasteiger partial charge in [0, 0.05) is 75.1 Å². The highest BCUT2D eigenvalue weighted by Crippen LogP contribution is 2.47. The Morgan fingerprint density at radius 3 is 2.28 bits per heavy atom. The fourth-order valence-corrected chi connectivity index (χ4v) is 13.5. The summed E-state index contributed by atoms with van der Waals surface area (Å²) in [4.78, 5) is 140. The Hall–Kier alpha value is -10.1. The van der Waals surface area contributed by atoms with E-state index in [2.05, 4.69) is 31.9 Å². The molecule has 2 aromatic heterocycles. The molecule has 3 unspecified atom stereocenters. The number of amides is 8. The maximum absolute atomic E-state index is 15.6. The zero-order valence-electron chi connectivity index (χ0n) is 54.8. The van der Waals surface area contributed by atoms with E-state index in [-0.39, 0.29) is 85.8 Å². The van der Waals surface area contributed by atoms with Gasteiger partial charge in [0.05, 0.1) is 72.5 Å². The lowest BCUT2D eigenvalue weighted by Gasteiger charge is -2.38. The Kier molecular flexibility index (Phi) is 21.8. The Labute approximate surface area is 585 Å². The van der Waals surface area contributed by atoms with Gasteiger partial charge in [0.25, 0.3) is 23.3 Å². The molecule has 520 valence electrons. The Morgan fingerprint density at radius 2 is 1.55 bits per heavy atom. The van der Waals surface area contributed by atoms with Gasteiger partial charge in [-0.25, -0.2) is 23.9 Å². The van der Waals surface area contributed by atoms with Crippen molar-refractivity contribution in [3.05, 3.63) is 202 Å². The van der Waals surface area contributed by atoms with E-state index in [0.29, 0.717) is 72.2 Å². The fraction of sp³-hybridized carbons (Fsp3) is 0.319. The number of nitrogens with zero attached hydrogens (tertiary/aromatic N) is 4. The summed E-state index contributed by atoms with van der Waals surface area (Å²) in [5.41, 5.74) is 3.86. The summed E-state index contributed by atoms with van der Waals surface area (Å²) in [5, 5.41) is 50.1. The van der Waals surface area contributed by atoms with Crippen LogP contribution in [0.3, 0.4) is 0 Å². The number of fused-ring (bicyclic) bond motifs is 5. The second kappa shape index (κ2) is 30.6. The maximum atomic E-state index is 15.6. The second-order valence-corrected chi connectivity index (χ2v) is 26.1. The highest BCUT2D eigenvalue weighted by atomic mass is 127. The lowest BCUT2D eigenvalue weighted by molar-refractivity contribution is -0.223. The minimum Gasteiger partial charge on any atom is -0.458 e. The van der Waals surface area contributed by atoms with Crippen molar-refractivity contribution < 1.29 is 77.1 Å². The first kappa shape index (κ1) is 71.2. The lowest BCUT2D eigenvalue weighted by atomic mass is 9.81. The number of cyclic esters (lactones) is 1. The van der Waals surface area contributed by atoms with Crippen molar-refractivity contribution in [2.24, 2.45) is 0 Å². The van der Waals surface area contributed by atoms with Crippen molar-refractivity contribution in [1.82, 2.24) is 41.0 Å². The van der Waals surface area contributed by atoms with Crippen LogP contribution in [0, 0.1) is 16.3 Å². The van der Waals surface area contributed by atoms with Gasteiger partial charge in [0.2, 0.25) is 23.6 Å². The van der Waals surface area contributed by atoms with Crippen LogP contribution in [0.1, 0.15) is 118 Å². The van der Waals surface area contributed by atoms with E-state index in [0.717, 1.165) is 28.2 Å². The SMILES string of the molecule is CC[C@@]1(OC(O)c2ccccc2CN(C)C(=O)OCc2ccc(NC(=O)CNC(O)[C@H](Cc3ccccc3)NC(=O)CNC(=O)CNC(=O)c3cc(I)cc(N4C(=O)C=CC4=O)c3)cc2)C(=O)OCc2c1cc1n(c2=O)Cc2c-1nc1cc(F)c(C)c3c1c2[C@@H](NC(=O)CCC(C)O)CC3. The molecule has 0 radical (unpaired) electrons. The molecule has 4 aliphatic rings. The number of imide groups is 1. The van der Waals surface area contributed by atoms with Crippen LogP contribution in [-0.4, -0.2) is 128 Å². The zero-order valence-corrected chi connectivity index (χ0v) is 57.0. The summed E-state index contributed by atoms with van der Waals surface area (Å²) in [6.07, 6.45) is -1.24. The molecule has 0 fully saturated rings. The van der Waals surface area contributed by atoms with Gasteiger partial charge in [-0.2, -0.15) is 0 Å². The van der Waals surface area contributed by atoms with E-state index in [1.54, 1.807) is 112 Å². The van der Waals surface area contributed by atoms with Crippen molar-refractivity contribution >= 4 is 98.3 Å². The molecule has 28 heteroatoms. The van der Waals surface area contributed by atoms with E-state index in [4.69, 9.17) is 19.2 Å². The number of hydrogen-bond acceptors (Lipinski definition) is 18. The summed E-state index contributed by atoms with van der Waals surface area (Å²) in [6.45, 7) is 2.87. The van der Waals surface area contributed by atoms with Gasteiger partial charge in [0.15, 0.2) is 11.9 Å². The first-order chi connectivity index (χ1) is 47.9. The molecule has 5 aromatic carbocycles. The predicted molar refractivity (Wildman–Crippen MR) is 369 cm³/mol. The van der Waals surface area contributed by atoms with Crippen molar-refractivity contribution in [2.75, 3.05) is 36.9 Å². The molecule has 11 rings (SSSR count). The molecule has 0 saturated carbocycles. The molecule has 6 atom stereocenters. The van der Waals surface area contributed by atoms with E-state index in [9.17, 15) is 63.3 Å². The van der Waals surface area contributed by atoms with Crippen LogP contribution in [0.5, 0.6) is 0 Å². The van der Waals surface area contributed by atoms with Gasteiger partial charge >= 0.3 is 12.1 Å². The number of ether oxygens (including phenoxy) is 3. The first-order valence-corrected chi connectivity index (χ1v) is 33.4. The summed E-state index contributed by atoms with van der Waals surface area (Å²) >= 11 is 1.93. The van der Waals surface area contributed by atoms with Crippen LogP contribution >= 0.6 is 22.6 Å². The van der Waals surface area contributed by atoms with Crippen LogP contribution in [-0.2, 0) is 92.5 Å². The molecule has 0 bridgehead atoms. The molecule has 3 aliphatic heterocycles. The maximum Gasteiger partial charge on any atom is 0.410 e. The molecule has 8 amide bonds. The number of rotatable bonds is 26. The molecule has 5 heterocycles. The Balaban J connectivity index is 0.680. The topological polar surface area (TPSA) is 356 Å². The summed E-state index contributed by atoms with van der Waals surface area (Å²) in [5.74, 6) is -5.36. The fourth-order valence-electron chi connectivity index (χ4n) is 12.8. The minimum atomic E-state index is -2.03. The number of benzene rings is 5. The summed E-state index contributed by atoms with van der Waals surface area (Å²) in [7, 11) is 1.49. The number of anilines is 2.